The van der Waals surface area contributed by atoms with Gasteiger partial charge in [0.05, 0.1) is 11.8 Å². The highest BCUT2D eigenvalue weighted by atomic mass is 127. The van der Waals surface area contributed by atoms with Crippen molar-refractivity contribution in [3.05, 3.63) is 41.0 Å². The first-order valence-corrected chi connectivity index (χ1v) is 3.72. The Labute approximate surface area is 71.7 Å². The Morgan fingerprint density at radius 1 is 1.70 bits per heavy atom. The molecule has 0 aliphatic heterocycles. The summed E-state index contributed by atoms with van der Waals surface area (Å²) < 4.78 is 5.30. The second kappa shape index (κ2) is 3.01. The van der Waals surface area contributed by atoms with Crippen LogP contribution in [0.5, 0.6) is 0 Å². The van der Waals surface area contributed by atoms with Gasteiger partial charge in [0, 0.05) is 3.58 Å². The molecule has 1 aromatic rings. The summed E-state index contributed by atoms with van der Waals surface area (Å²) >= 11 is 1.98. The molecular weight excluding hydrogens is 243 g/mol. The fourth-order valence-corrected chi connectivity index (χ4v) is 0.969. The minimum atomic E-state index is -0.332. The minimum absolute atomic E-state index is 0.332. The van der Waals surface area contributed by atoms with Crippen LogP contribution < -0.4 is 5.63 Å². The number of halogens is 1. The number of hydrogen-bond donors (Lipinski definition) is 0. The topological polar surface area (TPSA) is 30.2 Å². The molecule has 52 valence electrons. The van der Waals surface area contributed by atoms with E-state index >= 15 is 0 Å². The molecule has 0 unspecified atom stereocenters. The van der Waals surface area contributed by atoms with Crippen molar-refractivity contribution in [1.29, 1.82) is 0 Å². The van der Waals surface area contributed by atoms with Gasteiger partial charge in [-0.1, -0.05) is 6.58 Å². The molecular formula is C7H5IO2. The Morgan fingerprint density at radius 2 is 2.40 bits per heavy atom. The standard InChI is InChI=1S/C7H5IO2/c1-5(8)6-3-2-4-10-7(6)9/h2-4H,1H2. The van der Waals surface area contributed by atoms with Gasteiger partial charge in [-0.2, -0.15) is 0 Å². The second-order valence-corrected chi connectivity index (χ2v) is 3.02. The molecule has 0 aliphatic rings. The van der Waals surface area contributed by atoms with Gasteiger partial charge in [-0.05, 0) is 34.7 Å². The molecule has 0 N–H and O–H groups in total. The van der Waals surface area contributed by atoms with E-state index in [1.54, 1.807) is 12.1 Å². The smallest absolute Gasteiger partial charge is 0.343 e. The van der Waals surface area contributed by atoms with E-state index in [-0.39, 0.29) is 5.63 Å². The van der Waals surface area contributed by atoms with Crippen molar-refractivity contribution < 1.29 is 4.42 Å². The highest BCUT2D eigenvalue weighted by molar-refractivity contribution is 14.1. The van der Waals surface area contributed by atoms with Gasteiger partial charge in [-0.25, -0.2) is 4.79 Å². The third-order valence-corrected chi connectivity index (χ3v) is 1.61. The van der Waals surface area contributed by atoms with Crippen LogP contribution >= 0.6 is 22.6 Å². The largest absolute Gasteiger partial charge is 0.431 e. The zero-order valence-electron chi connectivity index (χ0n) is 5.13. The van der Waals surface area contributed by atoms with Gasteiger partial charge < -0.3 is 4.42 Å². The van der Waals surface area contributed by atoms with Gasteiger partial charge in [0.15, 0.2) is 0 Å². The van der Waals surface area contributed by atoms with Crippen LogP contribution in [-0.4, -0.2) is 0 Å². The zero-order chi connectivity index (χ0) is 7.56. The Hall–Kier alpha value is -0.580. The average Bonchev–Trinajstić information content (AvgIpc) is 1.88. The lowest BCUT2D eigenvalue weighted by atomic mass is 10.3. The molecule has 0 bridgehead atoms. The molecule has 0 atom stereocenters. The van der Waals surface area contributed by atoms with Crippen LogP contribution in [0.15, 0.2) is 34.2 Å². The molecule has 0 saturated carbocycles. The molecule has 1 rings (SSSR count). The lowest BCUT2D eigenvalue weighted by Gasteiger charge is -1.91. The van der Waals surface area contributed by atoms with Gasteiger partial charge in [0.2, 0.25) is 0 Å². The molecule has 0 aliphatic carbocycles. The molecule has 10 heavy (non-hydrogen) atoms. The quantitative estimate of drug-likeness (QED) is 0.712. The van der Waals surface area contributed by atoms with Crippen molar-refractivity contribution in [3.8, 4) is 0 Å². The Bertz CT molecular complexity index is 300. The third-order valence-electron chi connectivity index (χ3n) is 1.03. The summed E-state index contributed by atoms with van der Waals surface area (Å²) in [5.74, 6) is 0. The van der Waals surface area contributed by atoms with Crippen LogP contribution in [0.3, 0.4) is 0 Å². The second-order valence-electron chi connectivity index (χ2n) is 1.72. The third kappa shape index (κ3) is 1.47. The van der Waals surface area contributed by atoms with Crippen LogP contribution in [0.1, 0.15) is 5.56 Å². The van der Waals surface area contributed by atoms with Crippen molar-refractivity contribution in [2.24, 2.45) is 0 Å². The summed E-state index contributed by atoms with van der Waals surface area (Å²) in [4.78, 5) is 10.8. The average molecular weight is 248 g/mol. The van der Waals surface area contributed by atoms with Crippen molar-refractivity contribution >= 4 is 26.2 Å². The van der Waals surface area contributed by atoms with E-state index in [1.165, 1.54) is 6.26 Å². The van der Waals surface area contributed by atoms with E-state index in [0.29, 0.717) is 9.14 Å². The molecule has 2 nitrogen and oxygen atoms in total. The first-order valence-electron chi connectivity index (χ1n) is 2.64. The monoisotopic (exact) mass is 248 g/mol. The van der Waals surface area contributed by atoms with Gasteiger partial charge in [-0.15, -0.1) is 0 Å². The van der Waals surface area contributed by atoms with Gasteiger partial charge in [0.1, 0.15) is 0 Å². The van der Waals surface area contributed by atoms with Crippen molar-refractivity contribution in [2.45, 2.75) is 0 Å². The molecule has 0 amide bonds. The molecule has 0 radical (unpaired) electrons. The maximum Gasteiger partial charge on any atom is 0.343 e. The van der Waals surface area contributed by atoms with Crippen LogP contribution in [0, 0.1) is 0 Å². The highest BCUT2D eigenvalue weighted by Gasteiger charge is 1.99. The summed E-state index contributed by atoms with van der Waals surface area (Å²) in [6, 6.07) is 3.35. The lowest BCUT2D eigenvalue weighted by molar-refractivity contribution is 0.509. The van der Waals surface area contributed by atoms with Crippen molar-refractivity contribution in [3.63, 3.8) is 0 Å². The predicted molar refractivity (Wildman–Crippen MR) is 48.0 cm³/mol. The maximum absolute atomic E-state index is 10.8. The van der Waals surface area contributed by atoms with E-state index < -0.39 is 0 Å². The Balaban J connectivity index is 3.29. The normalized spacial score (nSPS) is 9.30. The summed E-state index contributed by atoms with van der Waals surface area (Å²) in [5.41, 5.74) is 0.199. The molecule has 0 aromatic carbocycles. The molecule has 0 fully saturated rings. The maximum atomic E-state index is 10.8. The number of rotatable bonds is 1. The van der Waals surface area contributed by atoms with E-state index in [9.17, 15) is 4.79 Å². The van der Waals surface area contributed by atoms with E-state index in [0.717, 1.165) is 0 Å². The highest BCUT2D eigenvalue weighted by Crippen LogP contribution is 2.13. The van der Waals surface area contributed by atoms with Crippen LogP contribution in [0.25, 0.3) is 3.58 Å². The van der Waals surface area contributed by atoms with E-state index in [4.69, 9.17) is 0 Å². The van der Waals surface area contributed by atoms with E-state index in [2.05, 4.69) is 11.0 Å². The van der Waals surface area contributed by atoms with Crippen LogP contribution in [-0.2, 0) is 0 Å². The predicted octanol–water partition coefficient (Wildman–Crippen LogP) is 2.05. The van der Waals surface area contributed by atoms with E-state index in [1.807, 2.05) is 22.6 Å². The molecule has 0 saturated heterocycles. The van der Waals surface area contributed by atoms with Crippen LogP contribution in [0.4, 0.5) is 0 Å². The fraction of sp³-hybridized carbons (Fsp3) is 0. The van der Waals surface area contributed by atoms with Gasteiger partial charge in [-0.3, -0.25) is 0 Å². The van der Waals surface area contributed by atoms with Crippen molar-refractivity contribution in [2.75, 3.05) is 0 Å². The first-order chi connectivity index (χ1) is 4.72. The van der Waals surface area contributed by atoms with Gasteiger partial charge in [0.25, 0.3) is 0 Å². The number of hydrogen-bond acceptors (Lipinski definition) is 2. The molecule has 3 heteroatoms. The Kier molecular flexibility index (Phi) is 2.26. The molecule has 1 aromatic heterocycles. The lowest BCUT2D eigenvalue weighted by Crippen LogP contribution is -2.01. The van der Waals surface area contributed by atoms with Gasteiger partial charge >= 0.3 is 5.63 Å². The van der Waals surface area contributed by atoms with Crippen LogP contribution in [0.2, 0.25) is 0 Å². The Morgan fingerprint density at radius 3 is 2.80 bits per heavy atom. The summed E-state index contributed by atoms with van der Waals surface area (Å²) in [5, 5.41) is 0. The van der Waals surface area contributed by atoms with Crippen molar-refractivity contribution in [1.82, 2.24) is 0 Å². The SMILES string of the molecule is C=C(I)c1cccoc1=O. The summed E-state index contributed by atoms with van der Waals surface area (Å²) in [7, 11) is 0. The molecule has 0 spiro atoms. The zero-order valence-corrected chi connectivity index (χ0v) is 7.29. The first kappa shape index (κ1) is 7.53. The minimum Gasteiger partial charge on any atom is -0.431 e. The fourth-order valence-electron chi connectivity index (χ4n) is 0.569. The summed E-state index contributed by atoms with van der Waals surface area (Å²) in [6.07, 6.45) is 1.35. The summed E-state index contributed by atoms with van der Waals surface area (Å²) in [6.45, 7) is 3.61. The molecule has 1 heterocycles.